The van der Waals surface area contributed by atoms with Crippen molar-refractivity contribution in [2.75, 3.05) is 13.1 Å². The summed E-state index contributed by atoms with van der Waals surface area (Å²) in [5, 5.41) is 31.3. The molecule has 0 aromatic carbocycles. The van der Waals surface area contributed by atoms with Crippen LogP contribution in [0.2, 0.25) is 0 Å². The summed E-state index contributed by atoms with van der Waals surface area (Å²) in [7, 11) is 0. The lowest BCUT2D eigenvalue weighted by Gasteiger charge is -2.19. The van der Waals surface area contributed by atoms with Crippen LogP contribution < -0.4 is 16.4 Å². The number of aliphatic carboxylic acids is 3. The maximum atomic E-state index is 10.8. The Bertz CT molecular complexity index is 335. The number of hydrogen-bond acceptors (Lipinski definition) is 6. The third-order valence-corrected chi connectivity index (χ3v) is 2.35. The maximum absolute atomic E-state index is 10.8. The summed E-state index contributed by atoms with van der Waals surface area (Å²) in [5.41, 5.74) is 5.28. The van der Waals surface area contributed by atoms with Gasteiger partial charge in [-0.25, -0.2) is 0 Å². The molecule has 0 saturated carbocycles. The Morgan fingerprint density at radius 3 is 2.05 bits per heavy atom. The van der Waals surface area contributed by atoms with E-state index in [4.69, 9.17) is 21.1 Å². The van der Waals surface area contributed by atoms with Crippen LogP contribution >= 0.6 is 0 Å². The molecule has 0 amide bonds. The molecule has 9 nitrogen and oxygen atoms in total. The van der Waals surface area contributed by atoms with E-state index in [9.17, 15) is 14.4 Å². The monoisotopic (exact) mass is 277 g/mol. The van der Waals surface area contributed by atoms with Crippen LogP contribution in [-0.2, 0) is 14.4 Å². The number of nitrogens with one attached hydrogen (secondary N) is 2. The SMILES string of the molecule is C[C@@H](CN[C@@H](CC(=O)O)C(=O)O)NC[C@@H](N)C(=O)O. The number of carboxylic acid groups (broad SMARTS) is 3. The third kappa shape index (κ3) is 8.08. The summed E-state index contributed by atoms with van der Waals surface area (Å²) in [5.74, 6) is -3.60. The predicted octanol–water partition coefficient (Wildman–Crippen LogP) is -2.11. The van der Waals surface area contributed by atoms with E-state index in [-0.39, 0.29) is 19.1 Å². The highest BCUT2D eigenvalue weighted by molar-refractivity contribution is 5.80. The molecule has 0 fully saturated rings. The van der Waals surface area contributed by atoms with Crippen molar-refractivity contribution in [2.24, 2.45) is 5.73 Å². The molecule has 9 heteroatoms. The zero-order chi connectivity index (χ0) is 15.0. The molecule has 0 rings (SSSR count). The van der Waals surface area contributed by atoms with Gasteiger partial charge < -0.3 is 31.7 Å². The minimum Gasteiger partial charge on any atom is -0.481 e. The number of nitrogens with two attached hydrogens (primary N) is 1. The molecule has 0 saturated heterocycles. The van der Waals surface area contributed by atoms with E-state index in [1.165, 1.54) is 0 Å². The summed E-state index contributed by atoms with van der Waals surface area (Å²) >= 11 is 0. The van der Waals surface area contributed by atoms with Gasteiger partial charge in [-0.2, -0.15) is 0 Å². The second kappa shape index (κ2) is 8.40. The Morgan fingerprint density at radius 1 is 1.05 bits per heavy atom. The number of carbonyl (C=O) groups is 3. The average molecular weight is 277 g/mol. The topological polar surface area (TPSA) is 162 Å². The predicted molar refractivity (Wildman–Crippen MR) is 64.8 cm³/mol. The Kier molecular flexibility index (Phi) is 7.65. The van der Waals surface area contributed by atoms with Crippen LogP contribution in [0.5, 0.6) is 0 Å². The second-order valence-electron chi connectivity index (χ2n) is 4.15. The van der Waals surface area contributed by atoms with Gasteiger partial charge >= 0.3 is 17.9 Å². The van der Waals surface area contributed by atoms with Gasteiger partial charge in [0.1, 0.15) is 12.1 Å². The molecule has 7 N–H and O–H groups in total. The molecule has 0 aromatic rings. The van der Waals surface area contributed by atoms with Crippen molar-refractivity contribution in [1.82, 2.24) is 10.6 Å². The van der Waals surface area contributed by atoms with Crippen LogP contribution in [0.15, 0.2) is 0 Å². The van der Waals surface area contributed by atoms with Crippen LogP contribution in [-0.4, -0.2) is 64.4 Å². The molecule has 0 aliphatic heterocycles. The molecule has 0 radical (unpaired) electrons. The van der Waals surface area contributed by atoms with Gasteiger partial charge in [0.25, 0.3) is 0 Å². The maximum Gasteiger partial charge on any atom is 0.321 e. The number of hydrogen-bond donors (Lipinski definition) is 6. The van der Waals surface area contributed by atoms with Crippen molar-refractivity contribution in [1.29, 1.82) is 0 Å². The van der Waals surface area contributed by atoms with Gasteiger partial charge in [0.05, 0.1) is 6.42 Å². The Morgan fingerprint density at radius 2 is 1.63 bits per heavy atom. The van der Waals surface area contributed by atoms with Gasteiger partial charge in [-0.05, 0) is 6.92 Å². The molecular weight excluding hydrogens is 258 g/mol. The van der Waals surface area contributed by atoms with Gasteiger partial charge in [-0.3, -0.25) is 14.4 Å². The Balaban J connectivity index is 4.04. The fourth-order valence-electron chi connectivity index (χ4n) is 1.23. The fourth-order valence-corrected chi connectivity index (χ4v) is 1.23. The molecule has 0 bridgehead atoms. The minimum absolute atomic E-state index is 0.0366. The largest absolute Gasteiger partial charge is 0.481 e. The lowest BCUT2D eigenvalue weighted by atomic mass is 10.2. The highest BCUT2D eigenvalue weighted by atomic mass is 16.4. The minimum atomic E-state index is -1.25. The molecule has 3 atom stereocenters. The van der Waals surface area contributed by atoms with Gasteiger partial charge in [0, 0.05) is 19.1 Å². The van der Waals surface area contributed by atoms with Crippen LogP contribution in [0.25, 0.3) is 0 Å². The van der Waals surface area contributed by atoms with Crippen LogP contribution in [0.3, 0.4) is 0 Å². The molecule has 110 valence electrons. The zero-order valence-corrected chi connectivity index (χ0v) is 10.5. The van der Waals surface area contributed by atoms with Crippen molar-refractivity contribution in [3.05, 3.63) is 0 Å². The molecule has 0 aliphatic carbocycles. The molecule has 0 aliphatic rings. The lowest BCUT2D eigenvalue weighted by molar-refractivity contribution is -0.145. The van der Waals surface area contributed by atoms with Gasteiger partial charge in [0.2, 0.25) is 0 Å². The summed E-state index contributed by atoms with van der Waals surface area (Å²) in [6.45, 7) is 1.91. The summed E-state index contributed by atoms with van der Waals surface area (Å²) in [4.78, 5) is 31.7. The number of rotatable bonds is 10. The van der Waals surface area contributed by atoms with E-state index < -0.39 is 36.4 Å². The molecule has 0 unspecified atom stereocenters. The average Bonchev–Trinajstić information content (AvgIpc) is 2.30. The van der Waals surface area contributed by atoms with E-state index >= 15 is 0 Å². The highest BCUT2D eigenvalue weighted by Crippen LogP contribution is 1.93. The molecule has 0 heterocycles. The zero-order valence-electron chi connectivity index (χ0n) is 10.5. The first-order chi connectivity index (χ1) is 8.73. The Hall–Kier alpha value is -1.71. The quantitative estimate of drug-likeness (QED) is 0.262. The first-order valence-electron chi connectivity index (χ1n) is 5.63. The Labute approximate surface area is 109 Å². The van der Waals surface area contributed by atoms with Crippen molar-refractivity contribution < 1.29 is 29.7 Å². The smallest absolute Gasteiger partial charge is 0.321 e. The van der Waals surface area contributed by atoms with Gasteiger partial charge in [0.15, 0.2) is 0 Å². The first kappa shape index (κ1) is 17.3. The summed E-state index contributed by atoms with van der Waals surface area (Å²) in [6, 6.07) is -2.48. The first-order valence-corrected chi connectivity index (χ1v) is 5.63. The highest BCUT2D eigenvalue weighted by Gasteiger charge is 2.21. The number of carboxylic acids is 3. The van der Waals surface area contributed by atoms with E-state index in [0.717, 1.165) is 0 Å². The van der Waals surface area contributed by atoms with E-state index in [0.29, 0.717) is 0 Å². The standard InChI is InChI=1S/C10H19N3O6/c1-5(12-4-6(11)9(16)17)3-13-7(10(18)19)2-8(14)15/h5-7,12-13H,2-4,11H2,1H3,(H,14,15)(H,16,17)(H,18,19)/t5-,6+,7-/m0/s1. The van der Waals surface area contributed by atoms with Crippen molar-refractivity contribution in [3.8, 4) is 0 Å². The normalized spacial score (nSPS) is 15.5. The van der Waals surface area contributed by atoms with E-state index in [2.05, 4.69) is 10.6 Å². The second-order valence-corrected chi connectivity index (χ2v) is 4.15. The molecular formula is C10H19N3O6. The molecule has 0 spiro atoms. The summed E-state index contributed by atoms with van der Waals surface area (Å²) in [6.07, 6.45) is -0.531. The van der Waals surface area contributed by atoms with E-state index in [1.54, 1.807) is 6.92 Å². The summed E-state index contributed by atoms with van der Waals surface area (Å²) < 4.78 is 0. The van der Waals surface area contributed by atoms with Crippen LogP contribution in [0.1, 0.15) is 13.3 Å². The van der Waals surface area contributed by atoms with Crippen molar-refractivity contribution >= 4 is 17.9 Å². The molecule has 0 aromatic heterocycles. The van der Waals surface area contributed by atoms with Gasteiger partial charge in [-0.15, -0.1) is 0 Å². The van der Waals surface area contributed by atoms with E-state index in [1.807, 2.05) is 0 Å². The van der Waals surface area contributed by atoms with Crippen molar-refractivity contribution in [2.45, 2.75) is 31.5 Å². The fraction of sp³-hybridized carbons (Fsp3) is 0.700. The third-order valence-electron chi connectivity index (χ3n) is 2.35. The van der Waals surface area contributed by atoms with Crippen LogP contribution in [0.4, 0.5) is 0 Å². The van der Waals surface area contributed by atoms with Crippen LogP contribution in [0, 0.1) is 0 Å². The van der Waals surface area contributed by atoms with Crippen molar-refractivity contribution in [3.63, 3.8) is 0 Å². The molecule has 19 heavy (non-hydrogen) atoms. The lowest BCUT2D eigenvalue weighted by Crippen LogP contribution is -2.49. The van der Waals surface area contributed by atoms with Gasteiger partial charge in [-0.1, -0.05) is 0 Å².